The molecular formula is C18H27ClN2O2. The number of amides is 2. The van der Waals surface area contributed by atoms with Gasteiger partial charge in [0, 0.05) is 37.5 Å². The van der Waals surface area contributed by atoms with Crippen LogP contribution >= 0.6 is 11.6 Å². The molecule has 0 saturated heterocycles. The highest BCUT2D eigenvalue weighted by atomic mass is 35.5. The minimum absolute atomic E-state index is 0.0238. The molecule has 0 fully saturated rings. The van der Waals surface area contributed by atoms with E-state index in [2.05, 4.69) is 5.32 Å². The SMILES string of the molecule is CCC(CC)C(=O)NCCN(CCc1ccc(Cl)cc1)C(C)=O. The minimum atomic E-state index is 0.0238. The highest BCUT2D eigenvalue weighted by Gasteiger charge is 2.14. The molecule has 0 aliphatic carbocycles. The molecule has 0 aromatic heterocycles. The first kappa shape index (κ1) is 19.5. The van der Waals surface area contributed by atoms with E-state index in [4.69, 9.17) is 11.6 Å². The second-order valence-corrected chi connectivity index (χ2v) is 6.12. The fourth-order valence-electron chi connectivity index (χ4n) is 2.46. The smallest absolute Gasteiger partial charge is 0.223 e. The molecule has 0 spiro atoms. The van der Waals surface area contributed by atoms with Gasteiger partial charge in [-0.15, -0.1) is 0 Å². The van der Waals surface area contributed by atoms with Crippen molar-refractivity contribution in [3.05, 3.63) is 34.9 Å². The van der Waals surface area contributed by atoms with Gasteiger partial charge < -0.3 is 10.2 Å². The summed E-state index contributed by atoms with van der Waals surface area (Å²) < 4.78 is 0. The molecule has 1 rings (SSSR count). The molecule has 0 atom stereocenters. The van der Waals surface area contributed by atoms with Gasteiger partial charge in [0.25, 0.3) is 0 Å². The Morgan fingerprint density at radius 2 is 1.74 bits per heavy atom. The van der Waals surface area contributed by atoms with E-state index in [1.54, 1.807) is 11.8 Å². The summed E-state index contributed by atoms with van der Waals surface area (Å²) in [6.07, 6.45) is 2.46. The van der Waals surface area contributed by atoms with Crippen LogP contribution in [0.15, 0.2) is 24.3 Å². The summed E-state index contributed by atoms with van der Waals surface area (Å²) in [5, 5.41) is 3.63. The molecule has 2 amide bonds. The van der Waals surface area contributed by atoms with Gasteiger partial charge in [-0.2, -0.15) is 0 Å². The molecule has 4 nitrogen and oxygen atoms in total. The monoisotopic (exact) mass is 338 g/mol. The molecule has 5 heteroatoms. The highest BCUT2D eigenvalue weighted by molar-refractivity contribution is 6.30. The average Bonchev–Trinajstić information content (AvgIpc) is 2.53. The molecule has 0 saturated carbocycles. The molecular weight excluding hydrogens is 312 g/mol. The maximum Gasteiger partial charge on any atom is 0.223 e. The number of rotatable bonds is 9. The van der Waals surface area contributed by atoms with E-state index in [1.807, 2.05) is 38.1 Å². The third-order valence-electron chi connectivity index (χ3n) is 4.07. The van der Waals surface area contributed by atoms with E-state index < -0.39 is 0 Å². The van der Waals surface area contributed by atoms with Crippen LogP contribution in [0.2, 0.25) is 5.02 Å². The molecule has 0 radical (unpaired) electrons. The quantitative estimate of drug-likeness (QED) is 0.751. The van der Waals surface area contributed by atoms with E-state index in [-0.39, 0.29) is 17.7 Å². The lowest BCUT2D eigenvalue weighted by Gasteiger charge is -2.22. The average molecular weight is 339 g/mol. The zero-order valence-corrected chi connectivity index (χ0v) is 15.0. The minimum Gasteiger partial charge on any atom is -0.354 e. The summed E-state index contributed by atoms with van der Waals surface area (Å²) in [6.45, 7) is 7.26. The van der Waals surface area contributed by atoms with Gasteiger partial charge in [0.1, 0.15) is 0 Å². The third-order valence-corrected chi connectivity index (χ3v) is 4.32. The molecule has 1 N–H and O–H groups in total. The van der Waals surface area contributed by atoms with Crippen molar-refractivity contribution < 1.29 is 9.59 Å². The maximum absolute atomic E-state index is 11.9. The Morgan fingerprint density at radius 1 is 1.13 bits per heavy atom. The predicted molar refractivity (Wildman–Crippen MR) is 94.5 cm³/mol. The van der Waals surface area contributed by atoms with Gasteiger partial charge in [-0.1, -0.05) is 37.6 Å². The Labute approximate surface area is 144 Å². The van der Waals surface area contributed by atoms with Crippen molar-refractivity contribution in [3.63, 3.8) is 0 Å². The topological polar surface area (TPSA) is 49.4 Å². The number of nitrogens with one attached hydrogen (secondary N) is 1. The first-order valence-corrected chi connectivity index (χ1v) is 8.63. The molecule has 23 heavy (non-hydrogen) atoms. The Hall–Kier alpha value is -1.55. The van der Waals surface area contributed by atoms with E-state index in [0.29, 0.717) is 24.7 Å². The van der Waals surface area contributed by atoms with Crippen molar-refractivity contribution in [2.45, 2.75) is 40.0 Å². The van der Waals surface area contributed by atoms with Crippen LogP contribution in [0.1, 0.15) is 39.2 Å². The fraction of sp³-hybridized carbons (Fsp3) is 0.556. The lowest BCUT2D eigenvalue weighted by Crippen LogP contribution is -2.40. The highest BCUT2D eigenvalue weighted by Crippen LogP contribution is 2.10. The summed E-state index contributed by atoms with van der Waals surface area (Å²) in [7, 11) is 0. The number of nitrogens with zero attached hydrogens (tertiary/aromatic N) is 1. The molecule has 0 heterocycles. The van der Waals surface area contributed by atoms with Gasteiger partial charge in [0.05, 0.1) is 0 Å². The first-order chi connectivity index (χ1) is 11.0. The number of hydrogen-bond acceptors (Lipinski definition) is 2. The molecule has 0 bridgehead atoms. The lowest BCUT2D eigenvalue weighted by atomic mass is 10.0. The van der Waals surface area contributed by atoms with Gasteiger partial charge >= 0.3 is 0 Å². The zero-order chi connectivity index (χ0) is 17.2. The number of carbonyl (C=O) groups excluding carboxylic acids is 2. The third kappa shape index (κ3) is 7.04. The van der Waals surface area contributed by atoms with Gasteiger partial charge in [0.15, 0.2) is 0 Å². The van der Waals surface area contributed by atoms with Crippen molar-refractivity contribution in [3.8, 4) is 0 Å². The normalized spacial score (nSPS) is 10.7. The van der Waals surface area contributed by atoms with Crippen LogP contribution in [0.3, 0.4) is 0 Å². The Bertz CT molecular complexity index is 498. The Morgan fingerprint density at radius 3 is 2.26 bits per heavy atom. The maximum atomic E-state index is 11.9. The van der Waals surface area contributed by atoms with Gasteiger partial charge in [0.2, 0.25) is 11.8 Å². The van der Waals surface area contributed by atoms with Crippen LogP contribution in [-0.2, 0) is 16.0 Å². The van der Waals surface area contributed by atoms with Gasteiger partial charge in [-0.25, -0.2) is 0 Å². The van der Waals surface area contributed by atoms with Crippen LogP contribution in [0.5, 0.6) is 0 Å². The lowest BCUT2D eigenvalue weighted by molar-refractivity contribution is -0.130. The Kier molecular flexibility index (Phi) is 8.70. The largest absolute Gasteiger partial charge is 0.354 e. The van der Waals surface area contributed by atoms with Gasteiger partial charge in [-0.05, 0) is 37.0 Å². The molecule has 1 aromatic rings. The molecule has 0 unspecified atom stereocenters. The molecule has 128 valence electrons. The number of benzene rings is 1. The molecule has 1 aromatic carbocycles. The van der Waals surface area contributed by atoms with Crippen molar-refractivity contribution in [2.75, 3.05) is 19.6 Å². The van der Waals surface area contributed by atoms with Gasteiger partial charge in [-0.3, -0.25) is 9.59 Å². The van der Waals surface area contributed by atoms with Crippen molar-refractivity contribution >= 4 is 23.4 Å². The second-order valence-electron chi connectivity index (χ2n) is 5.69. The van der Waals surface area contributed by atoms with Crippen LogP contribution in [0.25, 0.3) is 0 Å². The summed E-state index contributed by atoms with van der Waals surface area (Å²) in [5.41, 5.74) is 1.14. The van der Waals surface area contributed by atoms with Crippen molar-refractivity contribution in [1.82, 2.24) is 10.2 Å². The molecule has 0 aliphatic rings. The summed E-state index contributed by atoms with van der Waals surface area (Å²) in [6, 6.07) is 7.64. The fourth-order valence-corrected chi connectivity index (χ4v) is 2.59. The van der Waals surface area contributed by atoms with Crippen LogP contribution in [0.4, 0.5) is 0 Å². The van der Waals surface area contributed by atoms with E-state index in [9.17, 15) is 9.59 Å². The first-order valence-electron chi connectivity index (χ1n) is 8.25. The Balaban J connectivity index is 2.42. The molecule has 0 aliphatic heterocycles. The van der Waals surface area contributed by atoms with Crippen molar-refractivity contribution in [2.24, 2.45) is 5.92 Å². The van der Waals surface area contributed by atoms with E-state index >= 15 is 0 Å². The predicted octanol–water partition coefficient (Wildman–Crippen LogP) is 3.28. The van der Waals surface area contributed by atoms with E-state index in [0.717, 1.165) is 24.8 Å². The van der Waals surface area contributed by atoms with Crippen LogP contribution in [-0.4, -0.2) is 36.3 Å². The zero-order valence-electron chi connectivity index (χ0n) is 14.3. The van der Waals surface area contributed by atoms with Crippen LogP contribution in [0, 0.1) is 5.92 Å². The summed E-state index contributed by atoms with van der Waals surface area (Å²) in [4.78, 5) is 25.4. The summed E-state index contributed by atoms with van der Waals surface area (Å²) in [5.74, 6) is 0.168. The standard InChI is InChI=1S/C18H27ClN2O2/c1-4-16(5-2)18(23)20-11-13-21(14(3)22)12-10-15-6-8-17(19)9-7-15/h6-9,16H,4-5,10-13H2,1-3H3,(H,20,23). The van der Waals surface area contributed by atoms with Crippen LogP contribution < -0.4 is 5.32 Å². The number of carbonyl (C=O) groups is 2. The number of halogens is 1. The number of hydrogen-bond donors (Lipinski definition) is 1. The van der Waals surface area contributed by atoms with Crippen molar-refractivity contribution in [1.29, 1.82) is 0 Å². The summed E-state index contributed by atoms with van der Waals surface area (Å²) >= 11 is 5.87. The van der Waals surface area contributed by atoms with E-state index in [1.165, 1.54) is 0 Å². The second kappa shape index (κ2) is 10.3.